The number of ether oxygens (including phenoxy) is 1. The van der Waals surface area contributed by atoms with Crippen LogP contribution in [0.15, 0.2) is 53.0 Å². The van der Waals surface area contributed by atoms with E-state index >= 15 is 0 Å². The van der Waals surface area contributed by atoms with Gasteiger partial charge in [0.1, 0.15) is 11.8 Å². The van der Waals surface area contributed by atoms with Crippen LogP contribution in [0.4, 0.5) is 0 Å². The Balaban J connectivity index is 2.15. The van der Waals surface area contributed by atoms with E-state index in [1.807, 2.05) is 50.2 Å². The number of carbonyl (C=O) groups excluding carboxylic acids is 2. The van der Waals surface area contributed by atoms with E-state index in [0.29, 0.717) is 25.3 Å². The third-order valence-electron chi connectivity index (χ3n) is 4.86. The summed E-state index contributed by atoms with van der Waals surface area (Å²) in [6, 6.07) is 14.8. The van der Waals surface area contributed by atoms with Gasteiger partial charge in [-0.3, -0.25) is 9.59 Å². The highest BCUT2D eigenvalue weighted by Gasteiger charge is 2.28. The van der Waals surface area contributed by atoms with Crippen molar-refractivity contribution in [3.05, 3.63) is 64.1 Å². The third kappa shape index (κ3) is 7.48. The monoisotopic (exact) mass is 474 g/mol. The predicted octanol–water partition coefficient (Wildman–Crippen LogP) is 4.86. The second kappa shape index (κ2) is 12.4. The summed E-state index contributed by atoms with van der Waals surface area (Å²) >= 11 is 3.39. The lowest BCUT2D eigenvalue weighted by Gasteiger charge is -2.30. The van der Waals surface area contributed by atoms with Gasteiger partial charge < -0.3 is 15.0 Å². The van der Waals surface area contributed by atoms with Crippen LogP contribution in [0.3, 0.4) is 0 Å². The number of nitrogens with one attached hydrogen (secondary N) is 1. The molecule has 5 nitrogen and oxygen atoms in total. The minimum absolute atomic E-state index is 0.116. The van der Waals surface area contributed by atoms with Gasteiger partial charge in [0.15, 0.2) is 6.61 Å². The summed E-state index contributed by atoms with van der Waals surface area (Å²) in [6.07, 6.45) is 2.46. The molecule has 0 fully saturated rings. The lowest BCUT2D eigenvalue weighted by molar-refractivity contribution is -0.143. The van der Waals surface area contributed by atoms with E-state index in [2.05, 4.69) is 28.2 Å². The van der Waals surface area contributed by atoms with Gasteiger partial charge >= 0.3 is 0 Å². The van der Waals surface area contributed by atoms with Gasteiger partial charge in [0.05, 0.1) is 0 Å². The van der Waals surface area contributed by atoms with E-state index in [1.165, 1.54) is 0 Å². The minimum Gasteiger partial charge on any atom is -0.484 e. The molecular formula is C24H31BrN2O3. The van der Waals surface area contributed by atoms with Gasteiger partial charge in [-0.05, 0) is 49.6 Å². The largest absolute Gasteiger partial charge is 0.484 e. The zero-order chi connectivity index (χ0) is 21.9. The SMILES string of the molecule is CCCCNC(=O)[C@@H](CC)N(Cc1ccc(C)cc1)C(=O)COc1ccc(Br)cc1. The fourth-order valence-electron chi connectivity index (χ4n) is 3.07. The molecule has 0 aliphatic carbocycles. The lowest BCUT2D eigenvalue weighted by Crippen LogP contribution is -2.50. The number of nitrogens with zero attached hydrogens (tertiary/aromatic N) is 1. The van der Waals surface area contributed by atoms with Crippen LogP contribution in [0.1, 0.15) is 44.2 Å². The summed E-state index contributed by atoms with van der Waals surface area (Å²) in [5.74, 6) is 0.285. The molecule has 0 spiro atoms. The van der Waals surface area contributed by atoms with Crippen LogP contribution < -0.4 is 10.1 Å². The van der Waals surface area contributed by atoms with Gasteiger partial charge in [-0.1, -0.05) is 66.0 Å². The molecule has 0 heterocycles. The van der Waals surface area contributed by atoms with Crippen molar-refractivity contribution >= 4 is 27.7 Å². The van der Waals surface area contributed by atoms with Gasteiger partial charge in [0, 0.05) is 17.6 Å². The first-order valence-corrected chi connectivity index (χ1v) is 11.2. The van der Waals surface area contributed by atoms with E-state index < -0.39 is 6.04 Å². The molecule has 162 valence electrons. The summed E-state index contributed by atoms with van der Waals surface area (Å²) in [6.45, 7) is 6.89. The Labute approximate surface area is 187 Å². The van der Waals surface area contributed by atoms with Gasteiger partial charge in [-0.2, -0.15) is 0 Å². The molecule has 0 aliphatic rings. The first-order valence-electron chi connectivity index (χ1n) is 10.5. The fourth-order valence-corrected chi connectivity index (χ4v) is 3.34. The first kappa shape index (κ1) is 23.9. The van der Waals surface area contributed by atoms with E-state index in [0.717, 1.165) is 28.4 Å². The summed E-state index contributed by atoms with van der Waals surface area (Å²) < 4.78 is 6.63. The van der Waals surface area contributed by atoms with Crippen molar-refractivity contribution < 1.29 is 14.3 Å². The first-order chi connectivity index (χ1) is 14.4. The predicted molar refractivity (Wildman–Crippen MR) is 123 cm³/mol. The van der Waals surface area contributed by atoms with Gasteiger partial charge in [0.2, 0.25) is 5.91 Å². The number of hydrogen-bond acceptors (Lipinski definition) is 3. The van der Waals surface area contributed by atoms with Crippen LogP contribution in [0.2, 0.25) is 0 Å². The van der Waals surface area contributed by atoms with Crippen LogP contribution in [0.25, 0.3) is 0 Å². The highest BCUT2D eigenvalue weighted by Crippen LogP contribution is 2.17. The van der Waals surface area contributed by atoms with Crippen LogP contribution in [-0.2, 0) is 16.1 Å². The molecule has 0 saturated carbocycles. The van der Waals surface area contributed by atoms with E-state index in [4.69, 9.17) is 4.74 Å². The Morgan fingerprint density at radius 1 is 1.07 bits per heavy atom. The molecule has 2 aromatic rings. The maximum atomic E-state index is 13.1. The van der Waals surface area contributed by atoms with Crippen molar-refractivity contribution in [3.8, 4) is 5.75 Å². The summed E-state index contributed by atoms with van der Waals surface area (Å²) in [7, 11) is 0. The molecule has 0 unspecified atom stereocenters. The Kier molecular flexibility index (Phi) is 9.87. The molecule has 30 heavy (non-hydrogen) atoms. The highest BCUT2D eigenvalue weighted by atomic mass is 79.9. The Morgan fingerprint density at radius 3 is 2.33 bits per heavy atom. The van der Waals surface area contributed by atoms with Crippen molar-refractivity contribution in [3.63, 3.8) is 0 Å². The molecule has 0 bridgehead atoms. The van der Waals surface area contributed by atoms with Gasteiger partial charge in [-0.15, -0.1) is 0 Å². The number of rotatable bonds is 11. The van der Waals surface area contributed by atoms with E-state index in [9.17, 15) is 9.59 Å². The number of halogens is 1. The zero-order valence-electron chi connectivity index (χ0n) is 18.0. The molecule has 2 rings (SSSR count). The quantitative estimate of drug-likeness (QED) is 0.473. The smallest absolute Gasteiger partial charge is 0.261 e. The van der Waals surface area contributed by atoms with Crippen LogP contribution in [0, 0.1) is 6.92 Å². The summed E-state index contributed by atoms with van der Waals surface area (Å²) in [4.78, 5) is 27.5. The third-order valence-corrected chi connectivity index (χ3v) is 5.39. The van der Waals surface area contributed by atoms with Crippen molar-refractivity contribution in [2.24, 2.45) is 0 Å². The topological polar surface area (TPSA) is 58.6 Å². The number of unbranched alkanes of at least 4 members (excludes halogenated alkanes) is 1. The molecule has 2 amide bonds. The minimum atomic E-state index is -0.538. The van der Waals surface area contributed by atoms with Crippen molar-refractivity contribution in [1.82, 2.24) is 10.2 Å². The standard InChI is InChI=1S/C24H31BrN2O3/c1-4-6-15-26-24(29)22(5-2)27(16-19-9-7-18(3)8-10-19)23(28)17-30-21-13-11-20(25)12-14-21/h7-14,22H,4-6,15-17H2,1-3H3,(H,26,29)/t22-/m1/s1. The molecule has 1 N–H and O–H groups in total. The normalized spacial score (nSPS) is 11.6. The van der Waals surface area contributed by atoms with Gasteiger partial charge in [0.25, 0.3) is 5.91 Å². The Morgan fingerprint density at radius 2 is 1.73 bits per heavy atom. The zero-order valence-corrected chi connectivity index (χ0v) is 19.6. The van der Waals surface area contributed by atoms with E-state index in [-0.39, 0.29) is 18.4 Å². The molecule has 6 heteroatoms. The van der Waals surface area contributed by atoms with Crippen LogP contribution >= 0.6 is 15.9 Å². The molecule has 0 radical (unpaired) electrons. The van der Waals surface area contributed by atoms with Crippen molar-refractivity contribution in [1.29, 1.82) is 0 Å². The molecular weight excluding hydrogens is 444 g/mol. The van der Waals surface area contributed by atoms with Gasteiger partial charge in [-0.25, -0.2) is 0 Å². The van der Waals surface area contributed by atoms with E-state index in [1.54, 1.807) is 17.0 Å². The number of amides is 2. The molecule has 0 aromatic heterocycles. The number of hydrogen-bond donors (Lipinski definition) is 1. The summed E-state index contributed by atoms with van der Waals surface area (Å²) in [5.41, 5.74) is 2.14. The number of aryl methyl sites for hydroxylation is 1. The van der Waals surface area contributed by atoms with Crippen molar-refractivity contribution in [2.45, 2.75) is 52.6 Å². The molecule has 0 aliphatic heterocycles. The number of carbonyl (C=O) groups is 2. The maximum absolute atomic E-state index is 13.1. The average molecular weight is 475 g/mol. The Bertz CT molecular complexity index is 806. The lowest BCUT2D eigenvalue weighted by atomic mass is 10.1. The molecule has 2 aromatic carbocycles. The average Bonchev–Trinajstić information content (AvgIpc) is 2.74. The number of benzene rings is 2. The summed E-state index contributed by atoms with van der Waals surface area (Å²) in [5, 5.41) is 2.97. The van der Waals surface area contributed by atoms with Crippen LogP contribution in [-0.4, -0.2) is 35.9 Å². The fraction of sp³-hybridized carbons (Fsp3) is 0.417. The maximum Gasteiger partial charge on any atom is 0.261 e. The second-order valence-electron chi connectivity index (χ2n) is 7.32. The second-order valence-corrected chi connectivity index (χ2v) is 8.23. The highest BCUT2D eigenvalue weighted by molar-refractivity contribution is 9.10. The van der Waals surface area contributed by atoms with Crippen LogP contribution in [0.5, 0.6) is 5.75 Å². The Hall–Kier alpha value is -2.34. The molecule has 0 saturated heterocycles. The molecule has 1 atom stereocenters. The van der Waals surface area contributed by atoms with Crippen molar-refractivity contribution in [2.75, 3.05) is 13.2 Å².